The molecule has 1 N–H and O–H groups in total. The summed E-state index contributed by atoms with van der Waals surface area (Å²) >= 11 is 0. The van der Waals surface area contributed by atoms with E-state index in [0.29, 0.717) is 5.92 Å². The molecule has 0 aliphatic heterocycles. The molecule has 0 radical (unpaired) electrons. The molecule has 0 aliphatic carbocycles. The van der Waals surface area contributed by atoms with Crippen molar-refractivity contribution in [3.63, 3.8) is 0 Å². The molecule has 1 atom stereocenters. The van der Waals surface area contributed by atoms with Crippen LogP contribution in [0.25, 0.3) is 0 Å². The number of nitrogens with zero attached hydrogens (tertiary/aromatic N) is 1. The van der Waals surface area contributed by atoms with Gasteiger partial charge < -0.3 is 9.62 Å². The first-order chi connectivity index (χ1) is 14.6. The van der Waals surface area contributed by atoms with E-state index in [1.165, 1.54) is 93.3 Å². The average molecular weight is 436 g/mol. The summed E-state index contributed by atoms with van der Waals surface area (Å²) in [6, 6.07) is 6.09. The summed E-state index contributed by atoms with van der Waals surface area (Å²) in [5.74, 6) is 0.407. The molecule has 0 fully saturated rings. The van der Waals surface area contributed by atoms with Crippen molar-refractivity contribution in [2.75, 3.05) is 0 Å². The summed E-state index contributed by atoms with van der Waals surface area (Å²) in [7, 11) is -1.48. The molecule has 1 rings (SSSR count). The molecular weight excluding hydrogens is 386 g/mol. The molecule has 1 unspecified atom stereocenters. The van der Waals surface area contributed by atoms with Gasteiger partial charge in [0.1, 0.15) is 8.07 Å². The van der Waals surface area contributed by atoms with Gasteiger partial charge in [-0.15, -0.1) is 0 Å². The lowest BCUT2D eigenvalue weighted by atomic mass is 9.90. The Morgan fingerprint density at radius 1 is 0.900 bits per heavy atom. The minimum atomic E-state index is -1.48. The van der Waals surface area contributed by atoms with Crippen LogP contribution in [0.5, 0.6) is 0 Å². The molecular formula is C26H49NO2Si. The lowest BCUT2D eigenvalue weighted by Gasteiger charge is -2.24. The molecule has 4 heteroatoms. The van der Waals surface area contributed by atoms with Crippen molar-refractivity contribution in [3.05, 3.63) is 17.9 Å². The van der Waals surface area contributed by atoms with Crippen LogP contribution in [-0.4, -0.2) is 19.0 Å². The van der Waals surface area contributed by atoms with Gasteiger partial charge in [-0.1, -0.05) is 115 Å². The predicted octanol–water partition coefficient (Wildman–Crippen LogP) is 8.63. The Morgan fingerprint density at radius 2 is 1.43 bits per heavy atom. The maximum Gasteiger partial charge on any atom is 0.131 e. The Morgan fingerprint density at radius 3 is 1.93 bits per heavy atom. The molecule has 0 saturated carbocycles. The highest BCUT2D eigenvalue weighted by molar-refractivity contribution is 6.90. The molecule has 1 heterocycles. The molecule has 0 amide bonds. The second-order valence-corrected chi connectivity index (χ2v) is 14.5. The highest BCUT2D eigenvalue weighted by atomic mass is 28.3. The van der Waals surface area contributed by atoms with Crippen molar-refractivity contribution in [1.29, 1.82) is 0 Å². The van der Waals surface area contributed by atoms with E-state index in [-0.39, 0.29) is 0 Å². The van der Waals surface area contributed by atoms with Gasteiger partial charge in [-0.2, -0.15) is 0 Å². The maximum atomic E-state index is 9.20. The largest absolute Gasteiger partial charge is 0.474 e. The number of unbranched alkanes of at least 4 members (excludes halogenated alkanes) is 9. The van der Waals surface area contributed by atoms with Crippen molar-refractivity contribution in [3.8, 4) is 0 Å². The molecule has 1 aromatic rings. The summed E-state index contributed by atoms with van der Waals surface area (Å²) in [4.78, 5) is 0. The van der Waals surface area contributed by atoms with Crippen LogP contribution in [0.4, 0.5) is 0 Å². The molecule has 30 heavy (non-hydrogen) atoms. The first-order valence-corrected chi connectivity index (χ1v) is 15.4. The van der Waals surface area contributed by atoms with Gasteiger partial charge >= 0.3 is 0 Å². The topological polar surface area (TPSA) is 45.7 Å². The molecule has 1 aromatic heterocycles. The van der Waals surface area contributed by atoms with Gasteiger partial charge in [0, 0.05) is 0 Å². The van der Waals surface area contributed by atoms with Crippen LogP contribution < -0.4 is 5.38 Å². The first-order valence-electron chi connectivity index (χ1n) is 12.8. The Kier molecular flexibility index (Phi) is 14.2. The van der Waals surface area contributed by atoms with Crippen molar-refractivity contribution in [1.82, 2.24) is 0 Å². The fourth-order valence-electron chi connectivity index (χ4n) is 4.78. The summed E-state index contributed by atoms with van der Waals surface area (Å²) in [6.07, 6.45) is 17.6. The van der Waals surface area contributed by atoms with Crippen molar-refractivity contribution in [2.45, 2.75) is 136 Å². The first kappa shape index (κ1) is 27.0. The van der Waals surface area contributed by atoms with Crippen LogP contribution >= 0.6 is 0 Å². The van der Waals surface area contributed by atoms with Gasteiger partial charge in [0.25, 0.3) is 0 Å². The number of hydrogen-bond acceptors (Lipinski definition) is 3. The zero-order chi connectivity index (χ0) is 22.2. The van der Waals surface area contributed by atoms with Crippen molar-refractivity contribution < 1.29 is 9.62 Å². The number of hydrogen-bond donors (Lipinski definition) is 1. The summed E-state index contributed by atoms with van der Waals surface area (Å²) < 4.78 is 6.16. The lowest BCUT2D eigenvalue weighted by Crippen LogP contribution is -2.44. The van der Waals surface area contributed by atoms with Crippen molar-refractivity contribution in [2.24, 2.45) is 5.16 Å². The molecule has 0 bridgehead atoms. The van der Waals surface area contributed by atoms with Crippen LogP contribution in [0.15, 0.2) is 21.9 Å². The maximum absolute atomic E-state index is 9.20. The normalized spacial score (nSPS) is 13.7. The highest BCUT2D eigenvalue weighted by Crippen LogP contribution is 2.29. The minimum Gasteiger partial charge on any atom is -0.474 e. The molecule has 174 valence electrons. The fraction of sp³-hybridized carbons (Fsp3) is 0.808. The van der Waals surface area contributed by atoms with E-state index >= 15 is 0 Å². The van der Waals surface area contributed by atoms with Crippen molar-refractivity contribution >= 4 is 19.2 Å². The lowest BCUT2D eigenvalue weighted by molar-refractivity contribution is 0.316. The average Bonchev–Trinajstić information content (AvgIpc) is 3.26. The third-order valence-electron chi connectivity index (χ3n) is 7.26. The zero-order valence-electron chi connectivity index (χ0n) is 20.6. The number of rotatable bonds is 18. The fourth-order valence-corrected chi connectivity index (χ4v) is 8.11. The summed E-state index contributed by atoms with van der Waals surface area (Å²) in [5.41, 5.74) is 2.14. The Bertz CT molecular complexity index is 569. The van der Waals surface area contributed by atoms with Gasteiger partial charge in [-0.25, -0.2) is 0 Å². The van der Waals surface area contributed by atoms with Crippen LogP contribution in [-0.2, 0) is 0 Å². The van der Waals surface area contributed by atoms with Gasteiger partial charge in [-0.05, 0) is 37.3 Å². The number of furan rings is 1. The Labute approximate surface area is 187 Å². The smallest absolute Gasteiger partial charge is 0.131 e. The summed E-state index contributed by atoms with van der Waals surface area (Å²) in [5, 5.41) is 13.9. The third kappa shape index (κ3) is 8.99. The van der Waals surface area contributed by atoms with Crippen LogP contribution in [0.2, 0.25) is 18.1 Å². The van der Waals surface area contributed by atoms with E-state index in [2.05, 4.69) is 38.9 Å². The van der Waals surface area contributed by atoms with E-state index in [0.717, 1.165) is 18.6 Å². The molecule has 0 spiro atoms. The molecule has 0 aromatic carbocycles. The Balaban J connectivity index is 2.55. The number of oxime groups is 1. The Hall–Kier alpha value is -1.03. The monoisotopic (exact) mass is 435 g/mol. The minimum absolute atomic E-state index is 0.407. The quantitative estimate of drug-likeness (QED) is 0.0824. The van der Waals surface area contributed by atoms with Gasteiger partial charge in [0.2, 0.25) is 0 Å². The second-order valence-electron chi connectivity index (χ2n) is 9.29. The SMILES string of the molecule is CCCCCCCCCCCCC(CC(C)=NO)c1coc([Si](CC)(CC)CC)c1. The van der Waals surface area contributed by atoms with Crippen LogP contribution in [0, 0.1) is 0 Å². The second kappa shape index (κ2) is 15.7. The summed E-state index contributed by atoms with van der Waals surface area (Å²) in [6.45, 7) is 11.2. The van der Waals surface area contributed by atoms with E-state index in [1.54, 1.807) is 0 Å². The van der Waals surface area contributed by atoms with Gasteiger partial charge in [0.15, 0.2) is 0 Å². The molecule has 0 aliphatic rings. The molecule has 0 saturated heterocycles. The van der Waals surface area contributed by atoms with Gasteiger partial charge in [0.05, 0.1) is 17.4 Å². The van der Waals surface area contributed by atoms with E-state index in [4.69, 9.17) is 4.42 Å². The third-order valence-corrected chi connectivity index (χ3v) is 12.6. The molecule has 3 nitrogen and oxygen atoms in total. The van der Waals surface area contributed by atoms with Crippen LogP contribution in [0.3, 0.4) is 0 Å². The van der Waals surface area contributed by atoms with E-state index in [9.17, 15) is 5.21 Å². The standard InChI is InChI=1S/C26H49NO2Si/c1-6-10-11-12-13-14-15-16-17-18-19-24(20-23(5)27-28)25-21-26(29-22-25)30(7-2,8-3)9-4/h21-22,24,28H,6-20H2,1-5H3. The predicted molar refractivity (Wildman–Crippen MR) is 134 cm³/mol. The van der Waals surface area contributed by atoms with Gasteiger partial charge in [-0.3, -0.25) is 0 Å². The zero-order valence-corrected chi connectivity index (χ0v) is 21.6. The van der Waals surface area contributed by atoms with Crippen LogP contribution in [0.1, 0.15) is 123 Å². The van der Waals surface area contributed by atoms with E-state index < -0.39 is 8.07 Å². The van der Waals surface area contributed by atoms with E-state index in [1.807, 2.05) is 13.2 Å². The highest BCUT2D eigenvalue weighted by Gasteiger charge is 2.33.